The minimum atomic E-state index is -0.340. The fraction of sp³-hybridized carbons (Fsp3) is 0.200. The lowest BCUT2D eigenvalue weighted by molar-refractivity contribution is -0.116. The molecule has 0 aliphatic carbocycles. The number of nitrogens with one attached hydrogen (secondary N) is 2. The third kappa shape index (κ3) is 4.45. The molecular formula is C20H21N3OS. The van der Waals surface area contributed by atoms with E-state index in [0.717, 1.165) is 33.2 Å². The maximum Gasteiger partial charge on any atom is 0.246 e. The molecule has 3 aromatic rings. The number of carbonyl (C=O) groups is 1. The van der Waals surface area contributed by atoms with Gasteiger partial charge in [0.05, 0.1) is 10.7 Å². The Hall–Kier alpha value is -2.66. The number of aromatic nitrogens is 1. The van der Waals surface area contributed by atoms with Crippen molar-refractivity contribution in [1.29, 1.82) is 0 Å². The number of aryl methyl sites for hydroxylation is 2. The minimum absolute atomic E-state index is 0.0650. The average molecular weight is 351 g/mol. The summed E-state index contributed by atoms with van der Waals surface area (Å²) in [6.07, 6.45) is 0. The molecule has 0 fully saturated rings. The van der Waals surface area contributed by atoms with Gasteiger partial charge in [-0.3, -0.25) is 4.79 Å². The number of benzene rings is 2. The first-order valence-corrected chi connectivity index (χ1v) is 9.06. The quantitative estimate of drug-likeness (QED) is 0.690. The van der Waals surface area contributed by atoms with Gasteiger partial charge in [-0.05, 0) is 50.6 Å². The summed E-state index contributed by atoms with van der Waals surface area (Å²) in [5.74, 6) is -0.0650. The molecule has 128 valence electrons. The molecule has 1 amide bonds. The Morgan fingerprint density at radius 1 is 1.08 bits per heavy atom. The molecule has 0 unspecified atom stereocenters. The Kier molecular flexibility index (Phi) is 5.14. The van der Waals surface area contributed by atoms with E-state index in [0.29, 0.717) is 0 Å². The van der Waals surface area contributed by atoms with Crippen LogP contribution in [0.4, 0.5) is 11.4 Å². The lowest BCUT2D eigenvalue weighted by atomic mass is 10.1. The van der Waals surface area contributed by atoms with Gasteiger partial charge in [0.2, 0.25) is 5.91 Å². The van der Waals surface area contributed by atoms with E-state index in [2.05, 4.69) is 21.0 Å². The standard InChI is InChI=1S/C20H21N3OS/c1-13-5-4-6-18(11-13)23-20(24)14(2)21-17-9-7-16(8-10-17)19-12-25-15(3)22-19/h4-12,14,21H,1-3H3,(H,23,24)/t14-/m1/s1. The van der Waals surface area contributed by atoms with Crippen LogP contribution in [0, 0.1) is 13.8 Å². The molecule has 1 aromatic heterocycles. The van der Waals surface area contributed by atoms with Crippen LogP contribution in [0.15, 0.2) is 53.9 Å². The van der Waals surface area contributed by atoms with E-state index in [4.69, 9.17) is 0 Å². The highest BCUT2D eigenvalue weighted by molar-refractivity contribution is 7.09. The van der Waals surface area contributed by atoms with Crippen molar-refractivity contribution >= 4 is 28.6 Å². The van der Waals surface area contributed by atoms with Crippen molar-refractivity contribution in [3.05, 3.63) is 64.5 Å². The number of nitrogens with zero attached hydrogens (tertiary/aromatic N) is 1. The van der Waals surface area contributed by atoms with Crippen molar-refractivity contribution in [2.75, 3.05) is 10.6 Å². The van der Waals surface area contributed by atoms with Crippen LogP contribution in [0.1, 0.15) is 17.5 Å². The van der Waals surface area contributed by atoms with Crippen molar-refractivity contribution in [2.45, 2.75) is 26.8 Å². The lowest BCUT2D eigenvalue weighted by Crippen LogP contribution is -2.31. The number of hydrogen-bond donors (Lipinski definition) is 2. The van der Waals surface area contributed by atoms with Crippen molar-refractivity contribution in [1.82, 2.24) is 4.98 Å². The molecule has 0 aliphatic rings. The summed E-state index contributed by atoms with van der Waals surface area (Å²) < 4.78 is 0. The van der Waals surface area contributed by atoms with Gasteiger partial charge in [0.25, 0.3) is 0 Å². The Morgan fingerprint density at radius 2 is 1.84 bits per heavy atom. The normalized spacial score (nSPS) is 11.8. The van der Waals surface area contributed by atoms with E-state index in [9.17, 15) is 4.79 Å². The fourth-order valence-corrected chi connectivity index (χ4v) is 3.14. The summed E-state index contributed by atoms with van der Waals surface area (Å²) in [5.41, 5.74) is 4.90. The molecule has 25 heavy (non-hydrogen) atoms. The van der Waals surface area contributed by atoms with E-state index in [1.54, 1.807) is 11.3 Å². The van der Waals surface area contributed by atoms with Gasteiger partial charge in [0, 0.05) is 22.3 Å². The second kappa shape index (κ2) is 7.49. The Morgan fingerprint density at radius 3 is 2.48 bits per heavy atom. The van der Waals surface area contributed by atoms with Gasteiger partial charge < -0.3 is 10.6 Å². The summed E-state index contributed by atoms with van der Waals surface area (Å²) in [6.45, 7) is 5.85. The molecule has 0 saturated carbocycles. The molecule has 0 saturated heterocycles. The molecule has 2 N–H and O–H groups in total. The van der Waals surface area contributed by atoms with Crippen molar-refractivity contribution in [3.63, 3.8) is 0 Å². The number of carbonyl (C=O) groups excluding carboxylic acids is 1. The predicted molar refractivity (Wildman–Crippen MR) is 105 cm³/mol. The molecule has 0 spiro atoms. The zero-order chi connectivity index (χ0) is 17.8. The first-order chi connectivity index (χ1) is 12.0. The van der Waals surface area contributed by atoms with Gasteiger partial charge in [-0.1, -0.05) is 24.3 Å². The van der Waals surface area contributed by atoms with E-state index >= 15 is 0 Å². The van der Waals surface area contributed by atoms with Crippen molar-refractivity contribution in [3.8, 4) is 11.3 Å². The first kappa shape index (κ1) is 17.2. The van der Waals surface area contributed by atoms with Crippen LogP contribution in [-0.4, -0.2) is 16.9 Å². The highest BCUT2D eigenvalue weighted by atomic mass is 32.1. The molecule has 4 nitrogen and oxygen atoms in total. The third-order valence-corrected chi connectivity index (χ3v) is 4.64. The van der Waals surface area contributed by atoms with Crippen LogP contribution in [0.3, 0.4) is 0 Å². The largest absolute Gasteiger partial charge is 0.374 e. The van der Waals surface area contributed by atoms with E-state index in [1.165, 1.54) is 0 Å². The van der Waals surface area contributed by atoms with Gasteiger partial charge >= 0.3 is 0 Å². The number of rotatable bonds is 5. The molecule has 3 rings (SSSR count). The molecule has 0 aliphatic heterocycles. The molecule has 5 heteroatoms. The zero-order valence-electron chi connectivity index (χ0n) is 14.5. The van der Waals surface area contributed by atoms with Crippen LogP contribution >= 0.6 is 11.3 Å². The molecule has 1 atom stereocenters. The molecule has 0 radical (unpaired) electrons. The van der Waals surface area contributed by atoms with Gasteiger partial charge in [0.1, 0.15) is 6.04 Å². The lowest BCUT2D eigenvalue weighted by Gasteiger charge is -2.15. The highest BCUT2D eigenvalue weighted by Crippen LogP contribution is 2.23. The summed E-state index contributed by atoms with van der Waals surface area (Å²) in [6, 6.07) is 15.4. The average Bonchev–Trinajstić information content (AvgIpc) is 3.02. The van der Waals surface area contributed by atoms with Crippen molar-refractivity contribution < 1.29 is 4.79 Å². The summed E-state index contributed by atoms with van der Waals surface area (Å²) in [7, 11) is 0. The smallest absolute Gasteiger partial charge is 0.246 e. The monoisotopic (exact) mass is 351 g/mol. The van der Waals surface area contributed by atoms with Gasteiger partial charge in [-0.15, -0.1) is 11.3 Å². The number of hydrogen-bond acceptors (Lipinski definition) is 4. The molecule has 2 aromatic carbocycles. The number of thiazole rings is 1. The zero-order valence-corrected chi connectivity index (χ0v) is 15.4. The Bertz CT molecular complexity index is 871. The predicted octanol–water partition coefficient (Wildman–Crippen LogP) is 4.87. The minimum Gasteiger partial charge on any atom is -0.374 e. The number of anilines is 2. The van der Waals surface area contributed by atoms with Crippen LogP contribution in [-0.2, 0) is 4.79 Å². The maximum absolute atomic E-state index is 12.3. The third-order valence-electron chi connectivity index (χ3n) is 3.86. The highest BCUT2D eigenvalue weighted by Gasteiger charge is 2.13. The van der Waals surface area contributed by atoms with Gasteiger partial charge in [-0.2, -0.15) is 0 Å². The summed E-state index contributed by atoms with van der Waals surface area (Å²) in [4.78, 5) is 16.8. The fourth-order valence-electron chi connectivity index (χ4n) is 2.52. The second-order valence-electron chi connectivity index (χ2n) is 6.05. The second-order valence-corrected chi connectivity index (χ2v) is 7.12. The Labute approximate surface area is 151 Å². The van der Waals surface area contributed by atoms with E-state index < -0.39 is 0 Å². The molecular weight excluding hydrogens is 330 g/mol. The summed E-state index contributed by atoms with van der Waals surface area (Å²) >= 11 is 1.64. The van der Waals surface area contributed by atoms with Crippen molar-refractivity contribution in [2.24, 2.45) is 0 Å². The topological polar surface area (TPSA) is 54.0 Å². The first-order valence-electron chi connectivity index (χ1n) is 8.18. The SMILES string of the molecule is Cc1cccc(NC(=O)[C@@H](C)Nc2ccc(-c3csc(C)n3)cc2)c1. The number of amides is 1. The maximum atomic E-state index is 12.3. The van der Waals surface area contributed by atoms with Crippen LogP contribution in [0.5, 0.6) is 0 Å². The van der Waals surface area contributed by atoms with E-state index in [-0.39, 0.29) is 11.9 Å². The molecule has 0 bridgehead atoms. The van der Waals surface area contributed by atoms with Crippen LogP contribution in [0.25, 0.3) is 11.3 Å². The van der Waals surface area contributed by atoms with E-state index in [1.807, 2.05) is 69.3 Å². The van der Waals surface area contributed by atoms with Gasteiger partial charge in [0.15, 0.2) is 0 Å². The molecule has 1 heterocycles. The van der Waals surface area contributed by atoms with Crippen LogP contribution in [0.2, 0.25) is 0 Å². The van der Waals surface area contributed by atoms with Gasteiger partial charge in [-0.25, -0.2) is 4.98 Å². The van der Waals surface area contributed by atoms with Crippen LogP contribution < -0.4 is 10.6 Å². The Balaban J connectivity index is 1.62. The summed E-state index contributed by atoms with van der Waals surface area (Å²) in [5, 5.41) is 9.27.